The maximum absolute atomic E-state index is 12.0. The minimum Gasteiger partial charge on any atom is -0.325 e. The number of thiophene rings is 1. The molecule has 0 fully saturated rings. The molecule has 100 valence electrons. The second-order valence-corrected chi connectivity index (χ2v) is 6.50. The van der Waals surface area contributed by atoms with Crippen molar-refractivity contribution < 1.29 is 4.79 Å². The predicted octanol–water partition coefficient (Wildman–Crippen LogP) is 4.44. The molecule has 2 aromatic rings. The highest BCUT2D eigenvalue weighted by atomic mass is 32.2. The molecule has 1 N–H and O–H groups in total. The summed E-state index contributed by atoms with van der Waals surface area (Å²) in [4.78, 5) is 15.2. The van der Waals surface area contributed by atoms with Crippen molar-refractivity contribution in [2.45, 2.75) is 11.3 Å². The topological polar surface area (TPSA) is 29.1 Å². The lowest BCUT2D eigenvalue weighted by molar-refractivity contribution is 0.0969. The third kappa shape index (κ3) is 3.21. The summed E-state index contributed by atoms with van der Waals surface area (Å²) in [6.07, 6.45) is 4.84. The van der Waals surface area contributed by atoms with E-state index in [2.05, 4.69) is 23.5 Å². The van der Waals surface area contributed by atoms with E-state index in [4.69, 9.17) is 0 Å². The van der Waals surface area contributed by atoms with E-state index in [0.29, 0.717) is 0 Å². The number of allylic oxidation sites excluding steroid dienone is 3. The number of hydrogen-bond donors (Lipinski definition) is 1. The molecule has 0 spiro atoms. The van der Waals surface area contributed by atoms with E-state index in [0.717, 1.165) is 17.0 Å². The molecule has 1 aromatic heterocycles. The van der Waals surface area contributed by atoms with Gasteiger partial charge in [-0.3, -0.25) is 4.79 Å². The normalized spacial score (nSPS) is 13.8. The fourth-order valence-electron chi connectivity index (χ4n) is 1.91. The lowest BCUT2D eigenvalue weighted by atomic mass is 10.3. The van der Waals surface area contributed by atoms with Crippen molar-refractivity contribution in [3.05, 3.63) is 75.5 Å². The van der Waals surface area contributed by atoms with E-state index in [9.17, 15) is 4.79 Å². The van der Waals surface area contributed by atoms with Crippen molar-refractivity contribution >= 4 is 29.0 Å². The van der Waals surface area contributed by atoms with Gasteiger partial charge in [-0.2, -0.15) is 0 Å². The Balaban J connectivity index is 1.55. The van der Waals surface area contributed by atoms with Gasteiger partial charge in [0.2, 0.25) is 0 Å². The maximum Gasteiger partial charge on any atom is 0.265 e. The molecule has 3 rings (SSSR count). The molecule has 0 saturated heterocycles. The molecule has 2 nitrogen and oxygen atoms in total. The highest BCUT2D eigenvalue weighted by Gasteiger charge is 2.13. The van der Waals surface area contributed by atoms with Crippen LogP contribution in [0.1, 0.15) is 16.1 Å². The first-order chi connectivity index (χ1) is 9.81. The van der Waals surface area contributed by atoms with Crippen LogP contribution in [-0.2, 0) is 0 Å². The van der Waals surface area contributed by atoms with Gasteiger partial charge in [0, 0.05) is 17.0 Å². The van der Waals surface area contributed by atoms with Gasteiger partial charge < -0.3 is 5.32 Å². The number of thioether (sulfide) groups is 1. The Bertz CT molecular complexity index is 657. The van der Waals surface area contributed by atoms with Crippen molar-refractivity contribution in [2.75, 3.05) is 0 Å². The fourth-order valence-corrected chi connectivity index (χ4v) is 3.49. The molecule has 0 bridgehead atoms. The summed E-state index contributed by atoms with van der Waals surface area (Å²) in [5.74, 6) is -0.0226. The van der Waals surface area contributed by atoms with E-state index in [1.807, 2.05) is 41.8 Å². The fraction of sp³-hybridized carbons (Fsp3) is 0.0625. The molecular formula is C16H13NOS2. The Labute approximate surface area is 126 Å². The highest BCUT2D eigenvalue weighted by Crippen LogP contribution is 2.33. The minimum atomic E-state index is -0.0226. The molecule has 1 amide bonds. The van der Waals surface area contributed by atoms with Gasteiger partial charge in [-0.1, -0.05) is 42.1 Å². The van der Waals surface area contributed by atoms with Gasteiger partial charge >= 0.3 is 0 Å². The zero-order chi connectivity index (χ0) is 13.8. The van der Waals surface area contributed by atoms with Crippen molar-refractivity contribution in [3.63, 3.8) is 0 Å². The molecule has 0 atom stereocenters. The van der Waals surface area contributed by atoms with Crippen molar-refractivity contribution in [1.82, 2.24) is 5.32 Å². The van der Waals surface area contributed by atoms with Crippen LogP contribution in [0.15, 0.2) is 75.5 Å². The van der Waals surface area contributed by atoms with Crippen LogP contribution in [0.4, 0.5) is 0 Å². The zero-order valence-electron chi connectivity index (χ0n) is 10.7. The first-order valence-corrected chi connectivity index (χ1v) is 7.98. The smallest absolute Gasteiger partial charge is 0.265 e. The average molecular weight is 299 g/mol. The largest absolute Gasteiger partial charge is 0.325 e. The Kier molecular flexibility index (Phi) is 4.04. The molecule has 20 heavy (non-hydrogen) atoms. The van der Waals surface area contributed by atoms with Crippen LogP contribution in [0.2, 0.25) is 0 Å². The third-order valence-electron chi connectivity index (χ3n) is 2.85. The van der Waals surface area contributed by atoms with Crippen LogP contribution in [0, 0.1) is 0 Å². The summed E-state index contributed by atoms with van der Waals surface area (Å²) in [6, 6.07) is 14.0. The van der Waals surface area contributed by atoms with Gasteiger partial charge in [-0.05, 0) is 34.6 Å². The number of rotatable bonds is 4. The van der Waals surface area contributed by atoms with Gasteiger partial charge in [0.15, 0.2) is 0 Å². The summed E-state index contributed by atoms with van der Waals surface area (Å²) in [6.45, 7) is 0. The van der Waals surface area contributed by atoms with Gasteiger partial charge in [0.05, 0.1) is 4.88 Å². The van der Waals surface area contributed by atoms with Gasteiger partial charge in [-0.25, -0.2) is 0 Å². The van der Waals surface area contributed by atoms with Crippen LogP contribution in [-0.4, -0.2) is 5.91 Å². The average Bonchev–Trinajstić information content (AvgIpc) is 3.11. The predicted molar refractivity (Wildman–Crippen MR) is 84.9 cm³/mol. The standard InChI is InChI=1S/C16H13NOS2/c18-16(15-7-4-10-19-15)17-12-8-9-14(11-12)20-13-5-2-1-3-6-13/h1-10H,11H2,(H,17,18). The molecule has 0 saturated carbocycles. The van der Waals surface area contributed by atoms with Gasteiger partial charge in [0.1, 0.15) is 0 Å². The van der Waals surface area contributed by atoms with Crippen molar-refractivity contribution in [3.8, 4) is 0 Å². The van der Waals surface area contributed by atoms with Crippen molar-refractivity contribution in [1.29, 1.82) is 0 Å². The number of carbonyl (C=O) groups is 1. The summed E-state index contributed by atoms with van der Waals surface area (Å²) in [7, 11) is 0. The first kappa shape index (κ1) is 13.2. The number of amides is 1. The molecular weight excluding hydrogens is 286 g/mol. The first-order valence-electron chi connectivity index (χ1n) is 6.29. The number of benzene rings is 1. The Morgan fingerprint density at radius 2 is 1.95 bits per heavy atom. The monoisotopic (exact) mass is 299 g/mol. The molecule has 1 heterocycles. The molecule has 0 aliphatic heterocycles. The second kappa shape index (κ2) is 6.11. The Morgan fingerprint density at radius 3 is 2.70 bits per heavy atom. The van der Waals surface area contributed by atoms with Crippen LogP contribution >= 0.6 is 23.1 Å². The van der Waals surface area contributed by atoms with Crippen LogP contribution in [0.25, 0.3) is 0 Å². The highest BCUT2D eigenvalue weighted by molar-refractivity contribution is 8.03. The molecule has 1 aliphatic carbocycles. The third-order valence-corrected chi connectivity index (χ3v) is 4.77. The second-order valence-electron chi connectivity index (χ2n) is 4.35. The quantitative estimate of drug-likeness (QED) is 0.904. The van der Waals surface area contributed by atoms with Gasteiger partial charge in [0.25, 0.3) is 5.91 Å². The van der Waals surface area contributed by atoms with Crippen molar-refractivity contribution in [2.24, 2.45) is 0 Å². The minimum absolute atomic E-state index is 0.0226. The molecule has 0 unspecified atom stereocenters. The Hall–Kier alpha value is -1.78. The number of hydrogen-bond acceptors (Lipinski definition) is 3. The van der Waals surface area contributed by atoms with E-state index in [1.165, 1.54) is 21.1 Å². The van der Waals surface area contributed by atoms with Crippen LogP contribution in [0.5, 0.6) is 0 Å². The number of nitrogens with one attached hydrogen (secondary N) is 1. The zero-order valence-corrected chi connectivity index (χ0v) is 12.3. The molecule has 1 aromatic carbocycles. The van der Waals surface area contributed by atoms with E-state index in [1.54, 1.807) is 11.8 Å². The SMILES string of the molecule is O=C(NC1=CC=C(Sc2ccccc2)C1)c1cccs1. The molecule has 0 radical (unpaired) electrons. The van der Waals surface area contributed by atoms with E-state index >= 15 is 0 Å². The number of carbonyl (C=O) groups excluding carboxylic acids is 1. The van der Waals surface area contributed by atoms with Crippen LogP contribution < -0.4 is 5.32 Å². The lowest BCUT2D eigenvalue weighted by Gasteiger charge is -2.06. The maximum atomic E-state index is 12.0. The van der Waals surface area contributed by atoms with E-state index in [-0.39, 0.29) is 5.91 Å². The Morgan fingerprint density at radius 1 is 1.10 bits per heavy atom. The summed E-state index contributed by atoms with van der Waals surface area (Å²) < 4.78 is 0. The van der Waals surface area contributed by atoms with Gasteiger partial charge in [-0.15, -0.1) is 11.3 Å². The summed E-state index contributed by atoms with van der Waals surface area (Å²) >= 11 is 3.20. The summed E-state index contributed by atoms with van der Waals surface area (Å²) in [5, 5.41) is 4.87. The molecule has 1 aliphatic rings. The van der Waals surface area contributed by atoms with Crippen LogP contribution in [0.3, 0.4) is 0 Å². The lowest BCUT2D eigenvalue weighted by Crippen LogP contribution is -2.20. The summed E-state index contributed by atoms with van der Waals surface area (Å²) in [5.41, 5.74) is 0.960. The molecule has 4 heteroatoms. The van der Waals surface area contributed by atoms with E-state index < -0.39 is 0 Å².